The van der Waals surface area contributed by atoms with Crippen LogP contribution in [0.2, 0.25) is 0 Å². The van der Waals surface area contributed by atoms with Crippen LogP contribution in [0.1, 0.15) is 24.9 Å². The molecule has 0 spiro atoms. The van der Waals surface area contributed by atoms with E-state index in [-0.39, 0.29) is 5.57 Å². The largest absolute Gasteiger partial charge is 0.481 e. The lowest BCUT2D eigenvalue weighted by Gasteiger charge is -2.27. The third kappa shape index (κ3) is 5.40. The van der Waals surface area contributed by atoms with Crippen molar-refractivity contribution in [1.82, 2.24) is 15.5 Å². The quantitative estimate of drug-likeness (QED) is 0.577. The number of carbonyl (C=O) groups excluding carboxylic acids is 3. The molecule has 0 saturated carbocycles. The van der Waals surface area contributed by atoms with Crippen LogP contribution in [0, 0.1) is 11.6 Å². The second kappa shape index (κ2) is 9.60. The summed E-state index contributed by atoms with van der Waals surface area (Å²) in [6.07, 6.45) is 0.859. The average Bonchev–Trinajstić information content (AvgIpc) is 2.76. The van der Waals surface area contributed by atoms with Crippen LogP contribution in [0.15, 0.2) is 54.2 Å². The molecular weight excluding hydrogens is 436 g/mol. The molecule has 0 radical (unpaired) electrons. The molecule has 1 aliphatic heterocycles. The highest BCUT2D eigenvalue weighted by Gasteiger charge is 2.35. The number of benzene rings is 2. The van der Waals surface area contributed by atoms with Gasteiger partial charge in [0.15, 0.2) is 23.5 Å². The standard InChI is InChI=1S/C23H21F2N3O5/c1-12-11-28(2)22(32)20(21(12)31)27-23(33)26-18(10-19(29)30)15-5-3-4-13(8-15)14-6-7-16(24)17(25)9-14/h3-9,11,18,20H,10H2,1-2H3,(H,29,30)(H2,26,27,33). The molecule has 2 unspecified atom stereocenters. The highest BCUT2D eigenvalue weighted by Crippen LogP contribution is 2.26. The number of rotatable bonds is 6. The fourth-order valence-corrected chi connectivity index (χ4v) is 3.46. The Kier molecular flexibility index (Phi) is 6.86. The summed E-state index contributed by atoms with van der Waals surface area (Å²) in [5.74, 6) is -4.44. The van der Waals surface area contributed by atoms with Crippen molar-refractivity contribution in [2.45, 2.75) is 25.4 Å². The number of hydrogen-bond acceptors (Lipinski definition) is 4. The van der Waals surface area contributed by atoms with E-state index in [2.05, 4.69) is 10.6 Å². The Labute approximate surface area is 187 Å². The second-order valence-corrected chi connectivity index (χ2v) is 7.58. The van der Waals surface area contributed by atoms with Gasteiger partial charge in [0.2, 0.25) is 0 Å². The first-order chi connectivity index (χ1) is 15.6. The van der Waals surface area contributed by atoms with Gasteiger partial charge in [-0.25, -0.2) is 13.6 Å². The molecule has 0 saturated heterocycles. The Morgan fingerprint density at radius 1 is 1.09 bits per heavy atom. The summed E-state index contributed by atoms with van der Waals surface area (Å²) in [7, 11) is 1.45. The van der Waals surface area contributed by atoms with E-state index >= 15 is 0 Å². The van der Waals surface area contributed by atoms with E-state index in [0.717, 1.165) is 12.1 Å². The normalized spacial score (nSPS) is 16.8. The molecule has 2 aromatic carbocycles. The molecule has 172 valence electrons. The topological polar surface area (TPSA) is 116 Å². The van der Waals surface area contributed by atoms with Crippen LogP contribution in [0.5, 0.6) is 0 Å². The number of urea groups is 1. The van der Waals surface area contributed by atoms with Crippen LogP contribution in [-0.4, -0.2) is 46.8 Å². The number of likely N-dealkylation sites (N-methyl/N-ethyl adjacent to an activating group) is 1. The molecule has 2 aromatic rings. The first-order valence-electron chi connectivity index (χ1n) is 9.90. The van der Waals surface area contributed by atoms with Crippen molar-refractivity contribution < 1.29 is 33.1 Å². The van der Waals surface area contributed by atoms with Gasteiger partial charge in [0.05, 0.1) is 12.5 Å². The van der Waals surface area contributed by atoms with Crippen molar-refractivity contribution in [3.63, 3.8) is 0 Å². The molecule has 10 heteroatoms. The molecule has 33 heavy (non-hydrogen) atoms. The van der Waals surface area contributed by atoms with Crippen molar-refractivity contribution in [3.8, 4) is 11.1 Å². The van der Waals surface area contributed by atoms with Gasteiger partial charge in [-0.05, 0) is 41.8 Å². The van der Waals surface area contributed by atoms with Crippen LogP contribution in [0.25, 0.3) is 11.1 Å². The van der Waals surface area contributed by atoms with Crippen LogP contribution in [0.3, 0.4) is 0 Å². The van der Waals surface area contributed by atoms with Gasteiger partial charge in [-0.2, -0.15) is 0 Å². The lowest BCUT2D eigenvalue weighted by molar-refractivity contribution is -0.138. The molecule has 0 bridgehead atoms. The van der Waals surface area contributed by atoms with Gasteiger partial charge < -0.3 is 20.6 Å². The molecule has 2 atom stereocenters. The number of nitrogens with zero attached hydrogens (tertiary/aromatic N) is 1. The highest BCUT2D eigenvalue weighted by atomic mass is 19.2. The Bertz CT molecular complexity index is 1160. The number of carboxylic acid groups (broad SMARTS) is 1. The fraction of sp³-hybridized carbons (Fsp3) is 0.217. The highest BCUT2D eigenvalue weighted by molar-refractivity contribution is 6.16. The minimum Gasteiger partial charge on any atom is -0.481 e. The van der Waals surface area contributed by atoms with Gasteiger partial charge in [-0.15, -0.1) is 0 Å². The zero-order chi connectivity index (χ0) is 24.3. The Morgan fingerprint density at radius 2 is 1.79 bits per heavy atom. The molecule has 3 amide bonds. The number of nitrogens with one attached hydrogen (secondary N) is 2. The average molecular weight is 457 g/mol. The zero-order valence-corrected chi connectivity index (χ0v) is 17.8. The summed E-state index contributed by atoms with van der Waals surface area (Å²) in [5, 5.41) is 14.1. The maximum absolute atomic E-state index is 13.6. The molecule has 0 aliphatic carbocycles. The van der Waals surface area contributed by atoms with Crippen molar-refractivity contribution >= 4 is 23.7 Å². The van der Waals surface area contributed by atoms with Gasteiger partial charge in [0.25, 0.3) is 5.91 Å². The number of halogens is 2. The predicted molar refractivity (Wildman–Crippen MR) is 114 cm³/mol. The number of carboxylic acids is 1. The van der Waals surface area contributed by atoms with Gasteiger partial charge in [0.1, 0.15) is 0 Å². The van der Waals surface area contributed by atoms with E-state index in [0.29, 0.717) is 16.7 Å². The Balaban J connectivity index is 1.83. The maximum Gasteiger partial charge on any atom is 0.316 e. The number of hydrogen-bond donors (Lipinski definition) is 3. The molecule has 0 aromatic heterocycles. The third-order valence-corrected chi connectivity index (χ3v) is 5.13. The van der Waals surface area contributed by atoms with Gasteiger partial charge in [-0.1, -0.05) is 24.3 Å². The molecule has 3 N–H and O–H groups in total. The van der Waals surface area contributed by atoms with E-state index < -0.39 is 53.8 Å². The Hall–Kier alpha value is -4.08. The van der Waals surface area contributed by atoms with Crippen molar-refractivity contribution in [2.24, 2.45) is 0 Å². The summed E-state index contributed by atoms with van der Waals surface area (Å²) in [4.78, 5) is 49.7. The number of carbonyl (C=O) groups is 4. The summed E-state index contributed by atoms with van der Waals surface area (Å²) in [6, 6.07) is 6.29. The molecule has 1 heterocycles. The lowest BCUT2D eigenvalue weighted by Crippen LogP contribution is -2.56. The minimum absolute atomic E-state index is 0.281. The monoisotopic (exact) mass is 457 g/mol. The molecule has 3 rings (SSSR count). The van der Waals surface area contributed by atoms with E-state index in [1.807, 2.05) is 0 Å². The SMILES string of the molecule is CC1=CN(C)C(=O)C(NC(=O)NC(CC(=O)O)c2cccc(-c3ccc(F)c(F)c3)c2)C1=O. The number of ketones is 1. The maximum atomic E-state index is 13.6. The number of Topliss-reactive ketones (excluding diaryl/α,β-unsaturated/α-hetero) is 1. The molecule has 1 aliphatic rings. The van der Waals surface area contributed by atoms with Gasteiger partial charge in [-0.3, -0.25) is 14.4 Å². The summed E-state index contributed by atoms with van der Waals surface area (Å²) < 4.78 is 26.9. The predicted octanol–water partition coefficient (Wildman–Crippen LogP) is 2.76. The van der Waals surface area contributed by atoms with E-state index in [9.17, 15) is 33.1 Å². The van der Waals surface area contributed by atoms with E-state index in [4.69, 9.17) is 0 Å². The van der Waals surface area contributed by atoms with Crippen LogP contribution in [-0.2, 0) is 14.4 Å². The molecule has 0 fully saturated rings. The first kappa shape index (κ1) is 23.6. The van der Waals surface area contributed by atoms with Crippen LogP contribution >= 0.6 is 0 Å². The summed E-state index contributed by atoms with van der Waals surface area (Å²) >= 11 is 0. The second-order valence-electron chi connectivity index (χ2n) is 7.58. The van der Waals surface area contributed by atoms with Gasteiger partial charge >= 0.3 is 12.0 Å². The first-order valence-corrected chi connectivity index (χ1v) is 9.90. The Morgan fingerprint density at radius 3 is 2.45 bits per heavy atom. The van der Waals surface area contributed by atoms with Crippen LogP contribution < -0.4 is 10.6 Å². The van der Waals surface area contributed by atoms with Crippen LogP contribution in [0.4, 0.5) is 13.6 Å². The lowest BCUT2D eigenvalue weighted by atomic mass is 9.97. The number of aliphatic carboxylic acids is 1. The smallest absolute Gasteiger partial charge is 0.316 e. The van der Waals surface area contributed by atoms with Crippen molar-refractivity contribution in [3.05, 3.63) is 71.4 Å². The molecular formula is C23H21F2N3O5. The summed E-state index contributed by atoms with van der Waals surface area (Å²) in [5.41, 5.74) is 1.50. The van der Waals surface area contributed by atoms with E-state index in [1.54, 1.807) is 18.2 Å². The number of amides is 3. The molecule has 8 nitrogen and oxygen atoms in total. The van der Waals surface area contributed by atoms with Gasteiger partial charge in [0, 0.05) is 18.8 Å². The zero-order valence-electron chi connectivity index (χ0n) is 17.8. The van der Waals surface area contributed by atoms with Crippen molar-refractivity contribution in [2.75, 3.05) is 7.05 Å². The fourth-order valence-electron chi connectivity index (χ4n) is 3.46. The third-order valence-electron chi connectivity index (χ3n) is 5.13. The van der Waals surface area contributed by atoms with E-state index in [1.165, 1.54) is 37.2 Å². The summed E-state index contributed by atoms with van der Waals surface area (Å²) in [6.45, 7) is 1.51. The minimum atomic E-state index is -1.43. The van der Waals surface area contributed by atoms with Crippen molar-refractivity contribution in [1.29, 1.82) is 0 Å².